The number of hydrogen-bond donors (Lipinski definition) is 2. The van der Waals surface area contributed by atoms with Crippen LogP contribution in [0, 0.1) is 0 Å². The third-order valence-corrected chi connectivity index (χ3v) is 4.68. The van der Waals surface area contributed by atoms with E-state index in [9.17, 15) is 4.79 Å². The molecule has 0 aliphatic rings. The van der Waals surface area contributed by atoms with Crippen molar-refractivity contribution >= 4 is 29.0 Å². The molecule has 1 unspecified atom stereocenters. The Labute approximate surface area is 110 Å². The zero-order valence-corrected chi connectivity index (χ0v) is 11.7. The van der Waals surface area contributed by atoms with E-state index in [4.69, 9.17) is 5.73 Å². The van der Waals surface area contributed by atoms with E-state index in [0.29, 0.717) is 0 Å². The van der Waals surface area contributed by atoms with Gasteiger partial charge in [0.25, 0.3) is 0 Å². The van der Waals surface area contributed by atoms with E-state index in [2.05, 4.69) is 15.5 Å². The minimum atomic E-state index is -0.590. The Balaban J connectivity index is 2.17. The summed E-state index contributed by atoms with van der Waals surface area (Å²) in [7, 11) is 1.76. The largest absolute Gasteiger partial charge is 0.368 e. The summed E-state index contributed by atoms with van der Waals surface area (Å²) in [6.07, 6.45) is 2.76. The van der Waals surface area contributed by atoms with Crippen LogP contribution >= 0.6 is 23.1 Å². The van der Waals surface area contributed by atoms with E-state index in [-0.39, 0.29) is 5.91 Å². The Bertz CT molecular complexity index is 344. The zero-order chi connectivity index (χ0) is 12.7. The zero-order valence-electron chi connectivity index (χ0n) is 10.1. The van der Waals surface area contributed by atoms with E-state index in [1.165, 1.54) is 0 Å². The van der Waals surface area contributed by atoms with Crippen LogP contribution in [0.3, 0.4) is 0 Å². The Morgan fingerprint density at radius 1 is 1.65 bits per heavy atom. The average Bonchev–Trinajstić information content (AvgIpc) is 2.81. The number of hydrogen-bond acceptors (Lipinski definition) is 6. The maximum atomic E-state index is 11.2. The summed E-state index contributed by atoms with van der Waals surface area (Å²) in [6, 6.07) is 0. The normalized spacial score (nSPS) is 14.5. The second kappa shape index (κ2) is 6.93. The minimum absolute atomic E-state index is 0.295. The molecule has 0 saturated carbocycles. The first-order valence-corrected chi connectivity index (χ1v) is 7.33. The predicted molar refractivity (Wildman–Crippen MR) is 71.1 cm³/mol. The number of unbranched alkanes of at least 4 members (excludes halogenated alkanes) is 1. The highest BCUT2D eigenvalue weighted by Crippen LogP contribution is 2.21. The van der Waals surface area contributed by atoms with Crippen molar-refractivity contribution in [1.82, 2.24) is 15.5 Å². The lowest BCUT2D eigenvalue weighted by Crippen LogP contribution is -2.51. The van der Waals surface area contributed by atoms with Gasteiger partial charge in [0.05, 0.1) is 5.54 Å². The predicted octanol–water partition coefficient (Wildman–Crippen LogP) is 1.26. The molecular formula is C10H18N4OS2. The highest BCUT2D eigenvalue weighted by atomic mass is 32.2. The van der Waals surface area contributed by atoms with Gasteiger partial charge in [-0.2, -0.15) is 0 Å². The molecule has 0 fully saturated rings. The minimum Gasteiger partial charge on any atom is -0.368 e. The molecule has 17 heavy (non-hydrogen) atoms. The molecule has 0 spiro atoms. The molecule has 1 aromatic heterocycles. The van der Waals surface area contributed by atoms with Gasteiger partial charge in [-0.3, -0.25) is 4.79 Å². The number of nitrogens with one attached hydrogen (secondary N) is 1. The van der Waals surface area contributed by atoms with Crippen LogP contribution in [-0.4, -0.2) is 34.4 Å². The number of thioether (sulfide) groups is 1. The Morgan fingerprint density at radius 2 is 2.41 bits per heavy atom. The van der Waals surface area contributed by atoms with Crippen LogP contribution < -0.4 is 11.1 Å². The summed E-state index contributed by atoms with van der Waals surface area (Å²) < 4.78 is 0.997. The van der Waals surface area contributed by atoms with Crippen LogP contribution in [-0.2, 0) is 4.79 Å². The lowest BCUT2D eigenvalue weighted by Gasteiger charge is -2.25. The highest BCUT2D eigenvalue weighted by molar-refractivity contribution is 8.00. The smallest absolute Gasteiger partial charge is 0.237 e. The Hall–Kier alpha value is -0.660. The molecule has 1 aromatic rings. The first-order chi connectivity index (χ1) is 8.08. The number of rotatable bonds is 8. The van der Waals surface area contributed by atoms with E-state index < -0.39 is 5.54 Å². The van der Waals surface area contributed by atoms with E-state index in [1.54, 1.807) is 35.7 Å². The van der Waals surface area contributed by atoms with Gasteiger partial charge < -0.3 is 11.1 Å². The summed E-state index contributed by atoms with van der Waals surface area (Å²) >= 11 is 3.25. The summed E-state index contributed by atoms with van der Waals surface area (Å²) in [6.45, 7) is 1.84. The van der Waals surface area contributed by atoms with Crippen LogP contribution in [0.15, 0.2) is 9.85 Å². The molecule has 0 aliphatic heterocycles. The molecule has 0 radical (unpaired) electrons. The standard InChI is InChI=1S/C10H18N4OS2/c1-10(12-2,8(11)15)5-3-4-6-16-9-14-13-7-17-9/h7,12H,3-6H2,1-2H3,(H2,11,15). The monoisotopic (exact) mass is 274 g/mol. The first kappa shape index (κ1) is 14.4. The van der Waals surface area contributed by atoms with Crippen molar-refractivity contribution in [2.45, 2.75) is 36.1 Å². The summed E-state index contributed by atoms with van der Waals surface area (Å²) in [4.78, 5) is 11.2. The van der Waals surface area contributed by atoms with Gasteiger partial charge in [-0.05, 0) is 26.8 Å². The SMILES string of the molecule is CNC(C)(CCCCSc1nncs1)C(N)=O. The van der Waals surface area contributed by atoms with Crippen LogP contribution in [0.5, 0.6) is 0 Å². The maximum Gasteiger partial charge on any atom is 0.237 e. The molecule has 0 aromatic carbocycles. The van der Waals surface area contributed by atoms with Crippen molar-refractivity contribution in [3.63, 3.8) is 0 Å². The van der Waals surface area contributed by atoms with E-state index >= 15 is 0 Å². The molecule has 1 rings (SSSR count). The molecular weight excluding hydrogens is 256 g/mol. The third-order valence-electron chi connectivity index (χ3n) is 2.73. The lowest BCUT2D eigenvalue weighted by atomic mass is 9.94. The van der Waals surface area contributed by atoms with Crippen LogP contribution in [0.4, 0.5) is 0 Å². The molecule has 96 valence electrons. The van der Waals surface area contributed by atoms with Gasteiger partial charge in [0, 0.05) is 5.75 Å². The summed E-state index contributed by atoms with van der Waals surface area (Å²) in [5, 5.41) is 10.7. The lowest BCUT2D eigenvalue weighted by molar-refractivity contribution is -0.123. The Kier molecular flexibility index (Phi) is 5.87. The third kappa shape index (κ3) is 4.61. The fourth-order valence-corrected chi connectivity index (χ4v) is 2.90. The molecule has 5 nitrogen and oxygen atoms in total. The van der Waals surface area contributed by atoms with Crippen LogP contribution in [0.1, 0.15) is 26.2 Å². The van der Waals surface area contributed by atoms with Gasteiger partial charge in [0.15, 0.2) is 4.34 Å². The van der Waals surface area contributed by atoms with Crippen molar-refractivity contribution < 1.29 is 4.79 Å². The second-order valence-corrected chi connectivity index (χ2v) is 6.13. The van der Waals surface area contributed by atoms with Gasteiger partial charge in [-0.25, -0.2) is 0 Å². The number of amides is 1. The number of likely N-dealkylation sites (N-methyl/N-ethyl adjacent to an activating group) is 1. The molecule has 0 aliphatic carbocycles. The topological polar surface area (TPSA) is 80.9 Å². The van der Waals surface area contributed by atoms with Crippen molar-refractivity contribution in [1.29, 1.82) is 0 Å². The van der Waals surface area contributed by atoms with Crippen molar-refractivity contribution in [3.05, 3.63) is 5.51 Å². The second-order valence-electron chi connectivity index (χ2n) is 3.96. The average molecular weight is 274 g/mol. The first-order valence-electron chi connectivity index (χ1n) is 5.46. The highest BCUT2D eigenvalue weighted by Gasteiger charge is 2.27. The van der Waals surface area contributed by atoms with Gasteiger partial charge >= 0.3 is 0 Å². The molecule has 1 atom stereocenters. The number of primary amides is 1. The molecule has 1 heterocycles. The molecule has 0 saturated heterocycles. The van der Waals surface area contributed by atoms with Crippen LogP contribution in [0.25, 0.3) is 0 Å². The molecule has 7 heteroatoms. The van der Waals surface area contributed by atoms with E-state index in [0.717, 1.165) is 29.4 Å². The van der Waals surface area contributed by atoms with Gasteiger partial charge in [0.2, 0.25) is 5.91 Å². The number of carbonyl (C=O) groups is 1. The maximum absolute atomic E-state index is 11.2. The number of nitrogens with zero attached hydrogens (tertiary/aromatic N) is 2. The van der Waals surface area contributed by atoms with Crippen LogP contribution in [0.2, 0.25) is 0 Å². The van der Waals surface area contributed by atoms with Gasteiger partial charge in [0.1, 0.15) is 5.51 Å². The molecule has 0 bridgehead atoms. The van der Waals surface area contributed by atoms with Gasteiger partial charge in [-0.15, -0.1) is 10.2 Å². The number of carbonyl (C=O) groups excluding carboxylic acids is 1. The molecule has 1 amide bonds. The van der Waals surface area contributed by atoms with Crippen molar-refractivity contribution in [2.24, 2.45) is 5.73 Å². The Morgan fingerprint density at radius 3 is 2.94 bits per heavy atom. The van der Waals surface area contributed by atoms with Gasteiger partial charge in [-0.1, -0.05) is 29.5 Å². The van der Waals surface area contributed by atoms with Crippen molar-refractivity contribution in [3.8, 4) is 0 Å². The fourth-order valence-electron chi connectivity index (χ4n) is 1.34. The fraction of sp³-hybridized carbons (Fsp3) is 0.700. The summed E-state index contributed by atoms with van der Waals surface area (Å²) in [5.41, 5.74) is 6.49. The molecule has 3 N–H and O–H groups in total. The van der Waals surface area contributed by atoms with E-state index in [1.807, 2.05) is 6.92 Å². The number of nitrogens with two attached hydrogens (primary N) is 1. The summed E-state index contributed by atoms with van der Waals surface area (Å²) in [5.74, 6) is 0.699. The number of aromatic nitrogens is 2. The van der Waals surface area contributed by atoms with Crippen molar-refractivity contribution in [2.75, 3.05) is 12.8 Å². The quantitative estimate of drug-likeness (QED) is 0.551.